The van der Waals surface area contributed by atoms with Gasteiger partial charge in [-0.2, -0.15) is 5.01 Å². The van der Waals surface area contributed by atoms with Gasteiger partial charge >= 0.3 is 0 Å². The molecule has 3 aromatic carbocycles. The first-order valence-corrected chi connectivity index (χ1v) is 17.3. The minimum absolute atomic E-state index is 0.0538. The van der Waals surface area contributed by atoms with Gasteiger partial charge in [0.1, 0.15) is 11.5 Å². The number of thiophene rings is 1. The molecule has 49 heavy (non-hydrogen) atoms. The second-order valence-electron chi connectivity index (χ2n) is 13.4. The standard InChI is InChI=1S/C39H35N3O6S/c1-22-10-12-24(13-11-22)40-42-36(45)31-20-29-27(15-16-28-33(29)37(46)41(35(28)44)21-26-9-6-18-49-26)34(30-19-25(48-2)14-17-32(30)43)39(31,38(42)47)23-7-4-3-5-8-23/h3-15,17-19,28-29,31,33-34,40,43H,16,20-21H2,1-2H3. The van der Waals surface area contributed by atoms with Crippen LogP contribution in [0.3, 0.4) is 0 Å². The van der Waals surface area contributed by atoms with E-state index in [1.165, 1.54) is 29.4 Å². The van der Waals surface area contributed by atoms with Crippen LogP contribution in [0.1, 0.15) is 40.3 Å². The number of hydrazine groups is 1. The Morgan fingerprint density at radius 2 is 1.69 bits per heavy atom. The number of carbonyl (C=O) groups excluding carboxylic acids is 4. The Morgan fingerprint density at radius 1 is 0.918 bits per heavy atom. The summed E-state index contributed by atoms with van der Waals surface area (Å²) in [5.41, 5.74) is 5.07. The first kappa shape index (κ1) is 31.1. The fourth-order valence-corrected chi connectivity index (χ4v) is 9.45. The van der Waals surface area contributed by atoms with Crippen molar-refractivity contribution in [2.75, 3.05) is 12.5 Å². The predicted molar refractivity (Wildman–Crippen MR) is 183 cm³/mol. The number of fused-ring (bicyclic) bond motifs is 4. The smallest absolute Gasteiger partial charge is 0.260 e. The molecular formula is C39H35N3O6S. The number of carbonyl (C=O) groups is 4. The topological polar surface area (TPSA) is 116 Å². The number of benzene rings is 3. The maximum absolute atomic E-state index is 15.2. The van der Waals surface area contributed by atoms with Gasteiger partial charge in [-0.3, -0.25) is 29.5 Å². The summed E-state index contributed by atoms with van der Waals surface area (Å²) in [5, 5.41) is 14.6. The fraction of sp³-hybridized carbons (Fsp3) is 0.282. The highest BCUT2D eigenvalue weighted by atomic mass is 32.1. The summed E-state index contributed by atoms with van der Waals surface area (Å²) in [6, 6.07) is 25.4. The number of methoxy groups -OCH3 is 1. The summed E-state index contributed by atoms with van der Waals surface area (Å²) in [6.07, 6.45) is 2.49. The molecular weight excluding hydrogens is 639 g/mol. The molecule has 0 radical (unpaired) electrons. The Labute approximate surface area is 287 Å². The third-order valence-corrected chi connectivity index (χ3v) is 11.8. The predicted octanol–water partition coefficient (Wildman–Crippen LogP) is 5.96. The molecule has 2 N–H and O–H groups in total. The molecule has 2 aliphatic heterocycles. The number of ether oxygens (including phenoxy) is 1. The molecule has 10 heteroatoms. The molecule has 9 nitrogen and oxygen atoms in total. The third kappa shape index (κ3) is 4.64. The highest BCUT2D eigenvalue weighted by Crippen LogP contribution is 2.65. The van der Waals surface area contributed by atoms with Gasteiger partial charge < -0.3 is 9.84 Å². The molecule has 6 atom stereocenters. The summed E-state index contributed by atoms with van der Waals surface area (Å²) in [6.45, 7) is 2.16. The van der Waals surface area contributed by atoms with E-state index in [2.05, 4.69) is 5.43 Å². The van der Waals surface area contributed by atoms with E-state index in [1.807, 2.05) is 85.1 Å². The molecule has 3 heterocycles. The van der Waals surface area contributed by atoms with Crippen LogP contribution in [-0.2, 0) is 31.1 Å². The summed E-state index contributed by atoms with van der Waals surface area (Å²) in [7, 11) is 1.53. The SMILES string of the molecule is COc1ccc(O)c(C2C3=CCC4C(=O)N(Cc5cccs5)C(=O)C4C3CC3C(=O)N(Nc4ccc(C)cc4)C(=O)C32c2ccccc2)c1. The van der Waals surface area contributed by atoms with E-state index in [-0.39, 0.29) is 30.5 Å². The van der Waals surface area contributed by atoms with Gasteiger partial charge in [0.15, 0.2) is 0 Å². The van der Waals surface area contributed by atoms with Gasteiger partial charge in [0.25, 0.3) is 11.8 Å². The van der Waals surface area contributed by atoms with E-state index in [9.17, 15) is 19.5 Å². The second-order valence-corrected chi connectivity index (χ2v) is 14.4. The average Bonchev–Trinajstić information content (AvgIpc) is 3.78. The number of anilines is 1. The highest BCUT2D eigenvalue weighted by molar-refractivity contribution is 7.09. The minimum atomic E-state index is -1.47. The summed E-state index contributed by atoms with van der Waals surface area (Å²) < 4.78 is 5.60. The van der Waals surface area contributed by atoms with Gasteiger partial charge in [-0.15, -0.1) is 11.3 Å². The van der Waals surface area contributed by atoms with E-state index < -0.39 is 46.8 Å². The van der Waals surface area contributed by atoms with Gasteiger partial charge in [-0.05, 0) is 73.0 Å². The van der Waals surface area contributed by atoms with E-state index in [4.69, 9.17) is 4.74 Å². The molecule has 8 rings (SSSR count). The Balaban J connectivity index is 1.32. The largest absolute Gasteiger partial charge is 0.508 e. The highest BCUT2D eigenvalue weighted by Gasteiger charge is 2.70. The number of imide groups is 2. The fourth-order valence-electron chi connectivity index (χ4n) is 8.76. The maximum Gasteiger partial charge on any atom is 0.260 e. The Kier molecular flexibility index (Phi) is 7.44. The first-order chi connectivity index (χ1) is 23.7. The molecule has 2 aliphatic carbocycles. The van der Waals surface area contributed by atoms with Crippen molar-refractivity contribution in [1.29, 1.82) is 0 Å². The molecule has 0 bridgehead atoms. The van der Waals surface area contributed by atoms with Crippen LogP contribution >= 0.6 is 11.3 Å². The van der Waals surface area contributed by atoms with Crippen molar-refractivity contribution in [2.45, 2.75) is 37.6 Å². The van der Waals surface area contributed by atoms with Gasteiger partial charge in [0.05, 0.1) is 42.5 Å². The number of amides is 4. The van der Waals surface area contributed by atoms with Crippen molar-refractivity contribution in [3.05, 3.63) is 124 Å². The van der Waals surface area contributed by atoms with E-state index >= 15 is 4.79 Å². The average molecular weight is 674 g/mol. The minimum Gasteiger partial charge on any atom is -0.508 e. The van der Waals surface area contributed by atoms with Crippen LogP contribution < -0.4 is 10.2 Å². The van der Waals surface area contributed by atoms with Gasteiger partial charge in [-0.25, -0.2) is 0 Å². The summed E-state index contributed by atoms with van der Waals surface area (Å²) >= 11 is 1.49. The van der Waals surface area contributed by atoms with Crippen molar-refractivity contribution in [3.63, 3.8) is 0 Å². The molecule has 0 spiro atoms. The van der Waals surface area contributed by atoms with Gasteiger partial charge in [0, 0.05) is 16.4 Å². The van der Waals surface area contributed by atoms with Gasteiger partial charge in [0.2, 0.25) is 11.8 Å². The van der Waals surface area contributed by atoms with E-state index in [0.29, 0.717) is 29.0 Å². The van der Waals surface area contributed by atoms with Crippen molar-refractivity contribution >= 4 is 40.7 Å². The van der Waals surface area contributed by atoms with Crippen LogP contribution in [-0.4, -0.2) is 45.8 Å². The summed E-state index contributed by atoms with van der Waals surface area (Å²) in [5.74, 6) is -4.45. The lowest BCUT2D eigenvalue weighted by atomic mass is 9.49. The number of likely N-dealkylation sites (tertiary alicyclic amines) is 1. The molecule has 3 fully saturated rings. The quantitative estimate of drug-likeness (QED) is 0.184. The zero-order valence-corrected chi connectivity index (χ0v) is 27.9. The number of phenolic OH excluding ortho intramolecular Hbond substituents is 1. The zero-order chi connectivity index (χ0) is 34.0. The van der Waals surface area contributed by atoms with Crippen molar-refractivity contribution in [3.8, 4) is 11.5 Å². The van der Waals surface area contributed by atoms with E-state index in [1.54, 1.807) is 12.1 Å². The number of nitrogens with zero attached hydrogens (tertiary/aromatic N) is 2. The van der Waals surface area contributed by atoms with Crippen LogP contribution in [0.2, 0.25) is 0 Å². The number of phenols is 1. The molecule has 2 saturated heterocycles. The molecule has 4 aliphatic rings. The maximum atomic E-state index is 15.2. The molecule has 4 amide bonds. The lowest BCUT2D eigenvalue weighted by Crippen LogP contribution is -2.53. The Hall–Kier alpha value is -5.22. The number of allylic oxidation sites excluding steroid dienone is 2. The van der Waals surface area contributed by atoms with Gasteiger partial charge in [-0.1, -0.05) is 65.7 Å². The van der Waals surface area contributed by atoms with Crippen LogP contribution in [0.25, 0.3) is 0 Å². The van der Waals surface area contributed by atoms with Crippen molar-refractivity contribution in [2.24, 2.45) is 23.7 Å². The molecule has 1 aromatic heterocycles. The number of hydrogen-bond acceptors (Lipinski definition) is 8. The van der Waals surface area contributed by atoms with Crippen molar-refractivity contribution in [1.82, 2.24) is 9.91 Å². The van der Waals surface area contributed by atoms with Crippen LogP contribution in [0.5, 0.6) is 11.5 Å². The third-order valence-electron chi connectivity index (χ3n) is 10.9. The first-order valence-electron chi connectivity index (χ1n) is 16.5. The van der Waals surface area contributed by atoms with Crippen molar-refractivity contribution < 1.29 is 29.0 Å². The number of hydrogen-bond donors (Lipinski definition) is 2. The Bertz CT molecular complexity index is 2010. The monoisotopic (exact) mass is 673 g/mol. The number of rotatable bonds is 7. The molecule has 1 saturated carbocycles. The second kappa shape index (κ2) is 11.7. The number of aryl methyl sites for hydroxylation is 1. The zero-order valence-electron chi connectivity index (χ0n) is 27.0. The molecule has 248 valence electrons. The van der Waals surface area contributed by atoms with Crippen LogP contribution in [0.15, 0.2) is 102 Å². The Morgan fingerprint density at radius 3 is 2.41 bits per heavy atom. The molecule has 6 unspecified atom stereocenters. The van der Waals surface area contributed by atoms with Crippen LogP contribution in [0, 0.1) is 30.6 Å². The lowest BCUT2D eigenvalue weighted by molar-refractivity contribution is -0.141. The van der Waals surface area contributed by atoms with E-state index in [0.717, 1.165) is 21.0 Å². The summed E-state index contributed by atoms with van der Waals surface area (Å²) in [4.78, 5) is 60.4. The molecule has 4 aromatic rings. The lowest BCUT2D eigenvalue weighted by Gasteiger charge is -2.50. The normalized spacial score (nSPS) is 27.5. The van der Waals surface area contributed by atoms with Crippen LogP contribution in [0.4, 0.5) is 5.69 Å². The number of aromatic hydroxyl groups is 1. The number of nitrogens with one attached hydrogen (secondary N) is 1.